The zero-order chi connectivity index (χ0) is 18.2. The molecule has 0 aliphatic carbocycles. The van der Waals surface area contributed by atoms with Crippen LogP contribution in [0.15, 0.2) is 45.9 Å². The number of benzene rings is 2. The van der Waals surface area contributed by atoms with Crippen molar-refractivity contribution in [1.29, 1.82) is 0 Å². The molecule has 0 saturated carbocycles. The fraction of sp³-hybridized carbons (Fsp3) is 0.350. The minimum absolute atomic E-state index is 0.110. The van der Waals surface area contributed by atoms with E-state index in [2.05, 4.69) is 58.7 Å². The van der Waals surface area contributed by atoms with Crippen molar-refractivity contribution >= 4 is 47.0 Å². The molecule has 3 rings (SSSR count). The van der Waals surface area contributed by atoms with Gasteiger partial charge in [0.05, 0.1) is 0 Å². The molecule has 132 valence electrons. The van der Waals surface area contributed by atoms with Crippen LogP contribution in [0.25, 0.3) is 0 Å². The summed E-state index contributed by atoms with van der Waals surface area (Å²) < 4.78 is 13.7. The summed E-state index contributed by atoms with van der Waals surface area (Å²) in [6, 6.07) is 12.4. The summed E-state index contributed by atoms with van der Waals surface area (Å²) in [6.45, 7) is 6.73. The number of halogens is 1. The maximum atomic E-state index is 6.35. The van der Waals surface area contributed by atoms with Gasteiger partial charge in [0, 0.05) is 0 Å². The summed E-state index contributed by atoms with van der Waals surface area (Å²) in [5.74, 6) is 1.66. The summed E-state index contributed by atoms with van der Waals surface area (Å²) in [5.41, 5.74) is 3.23. The molecule has 0 bridgehead atoms. The summed E-state index contributed by atoms with van der Waals surface area (Å²) in [5, 5.41) is 0. The number of rotatable bonds is 2. The third-order valence-electron chi connectivity index (χ3n) is 4.65. The summed E-state index contributed by atoms with van der Waals surface area (Å²) in [4.78, 5) is 8.99. The zero-order valence-electron chi connectivity index (χ0n) is 15.4. The zero-order valence-corrected chi connectivity index (χ0v) is 19.8. The van der Waals surface area contributed by atoms with Crippen molar-refractivity contribution in [3.8, 4) is 11.5 Å². The monoisotopic (exact) mass is 509 g/mol. The Balaban J connectivity index is 2.14. The fourth-order valence-corrected chi connectivity index (χ4v) is 7.28. The van der Waals surface area contributed by atoms with Gasteiger partial charge in [0.2, 0.25) is 0 Å². The number of nitrogens with zero attached hydrogens (tertiary/aromatic N) is 1. The Labute approximate surface area is 163 Å². The quantitative estimate of drug-likeness (QED) is 0.442. The molecule has 0 radical (unpaired) electrons. The molecule has 0 saturated heterocycles. The second kappa shape index (κ2) is 6.95. The predicted molar refractivity (Wildman–Crippen MR) is 110 cm³/mol. The summed E-state index contributed by atoms with van der Waals surface area (Å²) >= 11 is 0.323. The molecule has 1 aliphatic heterocycles. The molecule has 0 fully saturated rings. The van der Waals surface area contributed by atoms with E-state index in [4.69, 9.17) is 11.1 Å². The first-order valence-corrected chi connectivity index (χ1v) is 17.4. The minimum atomic E-state index is -3.21. The van der Waals surface area contributed by atoms with Crippen LogP contribution in [-0.4, -0.2) is 25.4 Å². The molecule has 25 heavy (non-hydrogen) atoms. The van der Waals surface area contributed by atoms with E-state index in [1.54, 1.807) is 0 Å². The van der Waals surface area contributed by atoms with Gasteiger partial charge in [0.25, 0.3) is 0 Å². The van der Waals surface area contributed by atoms with Crippen LogP contribution in [0, 0.1) is 0 Å². The Kier molecular flexibility index (Phi) is 5.22. The van der Waals surface area contributed by atoms with E-state index in [0.717, 1.165) is 33.6 Å². The molecule has 1 aliphatic rings. The number of hydrogen-bond acceptors (Lipinski definition) is 3. The van der Waals surface area contributed by atoms with Gasteiger partial charge in [-0.15, -0.1) is 0 Å². The second-order valence-electron chi connectivity index (χ2n) is 7.46. The molecule has 5 heteroatoms. The molecule has 0 amide bonds. The van der Waals surface area contributed by atoms with E-state index in [1.165, 1.54) is 5.56 Å². The second-order valence-corrected chi connectivity index (χ2v) is 17.5. The van der Waals surface area contributed by atoms with Gasteiger partial charge >= 0.3 is 164 Å². The van der Waals surface area contributed by atoms with Crippen LogP contribution < -0.4 is 6.15 Å². The van der Waals surface area contributed by atoms with E-state index in [0.29, 0.717) is 0 Å². The number of fused-ring (bicyclic) bond motifs is 2. The van der Waals surface area contributed by atoms with E-state index < -0.39 is 19.2 Å². The van der Waals surface area contributed by atoms with Crippen molar-refractivity contribution < 1.29 is 6.15 Å². The molecule has 0 aromatic heterocycles. The van der Waals surface area contributed by atoms with Crippen LogP contribution in [0.5, 0.6) is 11.5 Å². The first-order chi connectivity index (χ1) is 11.7. The summed E-state index contributed by atoms with van der Waals surface area (Å²) in [6.07, 6.45) is 2.94. The van der Waals surface area contributed by atoms with Gasteiger partial charge in [-0.1, -0.05) is 0 Å². The van der Waals surface area contributed by atoms with Gasteiger partial charge in [0.1, 0.15) is 0 Å². The average molecular weight is 509 g/mol. The van der Waals surface area contributed by atoms with Gasteiger partial charge < -0.3 is 0 Å². The standard InChI is InChI=1S/C18H20BrNO2.2CH3.Sn/c1-4-18(2,3)13-5-7-17(22)15(10-13)20-11-12-9-14(19)6-8-16(12)21;;;/h5-11,21-22H,4H2,1-3H3;2*1H3;/q;;;+2/p-2. The van der Waals surface area contributed by atoms with Crippen molar-refractivity contribution in [3.05, 3.63) is 52.0 Å². The molecule has 0 spiro atoms. The van der Waals surface area contributed by atoms with Crippen molar-refractivity contribution in [2.75, 3.05) is 0 Å². The summed E-state index contributed by atoms with van der Waals surface area (Å²) in [7, 11) is 0. The molecular weight excluding hydrogens is 485 g/mol. The fourth-order valence-electron chi connectivity index (χ4n) is 2.73. The van der Waals surface area contributed by atoms with Gasteiger partial charge in [-0.25, -0.2) is 0 Å². The topological polar surface area (TPSA) is 30.8 Å². The van der Waals surface area contributed by atoms with Gasteiger partial charge in [-0.05, 0) is 0 Å². The number of aliphatic imine (C=N–C) groups is 1. The Morgan fingerprint density at radius 2 is 1.72 bits per heavy atom. The van der Waals surface area contributed by atoms with Crippen LogP contribution in [-0.2, 0) is 5.41 Å². The predicted octanol–water partition coefficient (Wildman–Crippen LogP) is 6.36. The van der Waals surface area contributed by atoms with Crippen LogP contribution in [0.1, 0.15) is 38.3 Å². The third kappa shape index (κ3) is 4.22. The molecule has 0 N–H and O–H groups in total. The first-order valence-electron chi connectivity index (χ1n) is 8.56. The Morgan fingerprint density at radius 1 is 1.04 bits per heavy atom. The Morgan fingerprint density at radius 3 is 2.44 bits per heavy atom. The first kappa shape index (κ1) is 18.8. The van der Waals surface area contributed by atoms with E-state index >= 15 is 0 Å². The van der Waals surface area contributed by atoms with E-state index in [-0.39, 0.29) is 5.41 Å². The molecule has 0 atom stereocenters. The van der Waals surface area contributed by atoms with Gasteiger partial charge in [-0.3, -0.25) is 0 Å². The molecule has 3 nitrogen and oxygen atoms in total. The molecule has 2 aromatic carbocycles. The Hall–Kier alpha value is -1.01. The molecule has 0 unspecified atom stereocenters. The van der Waals surface area contributed by atoms with Crippen LogP contribution in [0.2, 0.25) is 9.88 Å². The van der Waals surface area contributed by atoms with Crippen LogP contribution in [0.4, 0.5) is 5.69 Å². The Bertz CT molecular complexity index is 830. The molecular formula is C20H24BrNO2Sn. The maximum absolute atomic E-state index is 6.35. The third-order valence-corrected chi connectivity index (χ3v) is 9.20. The van der Waals surface area contributed by atoms with Crippen molar-refractivity contribution in [3.63, 3.8) is 0 Å². The van der Waals surface area contributed by atoms with Crippen LogP contribution in [0.3, 0.4) is 0 Å². The SMILES string of the molecule is CCC(C)(C)c1ccc2c(c1)N=Cc1cc(Br)ccc1[O][Sn]([CH3])([CH3])[O]2. The van der Waals surface area contributed by atoms with Crippen LogP contribution >= 0.6 is 15.9 Å². The van der Waals surface area contributed by atoms with Crippen molar-refractivity contribution in [2.45, 2.75) is 42.5 Å². The normalized spacial score (nSPS) is 15.8. The van der Waals surface area contributed by atoms with Gasteiger partial charge in [-0.2, -0.15) is 0 Å². The van der Waals surface area contributed by atoms with Crippen molar-refractivity contribution in [2.24, 2.45) is 4.99 Å². The molecule has 1 heterocycles. The van der Waals surface area contributed by atoms with E-state index in [9.17, 15) is 0 Å². The van der Waals surface area contributed by atoms with E-state index in [1.807, 2.05) is 30.5 Å². The molecule has 2 aromatic rings. The average Bonchev–Trinajstić information content (AvgIpc) is 2.59. The van der Waals surface area contributed by atoms with Crippen molar-refractivity contribution in [1.82, 2.24) is 0 Å². The number of hydrogen-bond donors (Lipinski definition) is 0. The van der Waals surface area contributed by atoms with Gasteiger partial charge in [0.15, 0.2) is 0 Å².